The summed E-state index contributed by atoms with van der Waals surface area (Å²) in [5.41, 5.74) is 1.82. The van der Waals surface area contributed by atoms with Crippen molar-refractivity contribution in [1.29, 1.82) is 0 Å². The third-order valence-electron chi connectivity index (χ3n) is 5.03. The minimum atomic E-state index is -4.50. The number of rotatable bonds is 3. The molecule has 4 aromatic rings. The molecule has 0 bridgehead atoms. The Hall–Kier alpha value is -3.36. The van der Waals surface area contributed by atoms with E-state index in [0.29, 0.717) is 16.9 Å². The minimum Gasteiger partial charge on any atom is -0.479 e. The lowest BCUT2D eigenvalue weighted by Crippen LogP contribution is -2.12. The van der Waals surface area contributed by atoms with E-state index in [0.717, 1.165) is 17.5 Å². The van der Waals surface area contributed by atoms with E-state index in [2.05, 4.69) is 40.8 Å². The van der Waals surface area contributed by atoms with Gasteiger partial charge in [0.05, 0.1) is 29.6 Å². The van der Waals surface area contributed by atoms with Crippen LogP contribution in [0.5, 0.6) is 5.88 Å². The van der Waals surface area contributed by atoms with Gasteiger partial charge in [-0.2, -0.15) is 18.3 Å². The number of fused-ring (bicyclic) bond motifs is 1. The Bertz CT molecular complexity index is 1260. The first-order chi connectivity index (χ1) is 14.5. The number of ether oxygens (including phenoxy) is 1. The Morgan fingerprint density at radius 1 is 1.03 bits per heavy atom. The second-order valence-electron chi connectivity index (χ2n) is 8.33. The van der Waals surface area contributed by atoms with Gasteiger partial charge in [0.25, 0.3) is 0 Å². The highest BCUT2D eigenvalue weighted by atomic mass is 19.4. The fourth-order valence-corrected chi connectivity index (χ4v) is 3.40. The number of aromatic amines is 1. The van der Waals surface area contributed by atoms with E-state index in [4.69, 9.17) is 4.74 Å². The predicted molar refractivity (Wildman–Crippen MR) is 112 cm³/mol. The molecular formula is C22H22F3N5O. The van der Waals surface area contributed by atoms with Crippen molar-refractivity contribution in [1.82, 2.24) is 24.7 Å². The van der Waals surface area contributed by atoms with E-state index in [1.54, 1.807) is 16.8 Å². The van der Waals surface area contributed by atoms with Crippen LogP contribution in [0.2, 0.25) is 0 Å². The topological polar surface area (TPSA) is 68.6 Å². The van der Waals surface area contributed by atoms with Crippen LogP contribution in [-0.4, -0.2) is 31.8 Å². The van der Waals surface area contributed by atoms with Crippen molar-refractivity contribution in [2.75, 3.05) is 7.11 Å². The van der Waals surface area contributed by atoms with Gasteiger partial charge in [-0.3, -0.25) is 4.68 Å². The molecule has 6 nitrogen and oxygen atoms in total. The summed E-state index contributed by atoms with van der Waals surface area (Å²) in [5, 5.41) is 4.56. The highest BCUT2D eigenvalue weighted by Gasteiger charge is 2.34. The Morgan fingerprint density at radius 2 is 1.74 bits per heavy atom. The zero-order chi connectivity index (χ0) is 22.6. The van der Waals surface area contributed by atoms with Gasteiger partial charge in [0, 0.05) is 18.0 Å². The van der Waals surface area contributed by atoms with Crippen LogP contribution >= 0.6 is 0 Å². The molecule has 1 N–H and O–H groups in total. The maximum absolute atomic E-state index is 13.5. The lowest BCUT2D eigenvalue weighted by Gasteiger charge is -2.13. The third kappa shape index (κ3) is 3.75. The molecule has 0 aliphatic carbocycles. The van der Waals surface area contributed by atoms with Gasteiger partial charge in [0.2, 0.25) is 5.88 Å². The summed E-state index contributed by atoms with van der Waals surface area (Å²) in [6.45, 7) is 6.19. The molecule has 31 heavy (non-hydrogen) atoms. The van der Waals surface area contributed by atoms with E-state index < -0.39 is 11.7 Å². The standard InChI is InChI=1S/C22H22F3N5O/c1-21(2,3)17-11-16(30(4)29-17)19-26-15-10-14(27-20(31-5)18(15)28-19)12-8-6-7-9-13(12)22(23,24)25/h6-11H,1-5H3,(H,26,28). The molecule has 0 amide bonds. The first-order valence-electron chi connectivity index (χ1n) is 9.65. The molecule has 4 rings (SSSR count). The van der Waals surface area contributed by atoms with Gasteiger partial charge >= 0.3 is 6.18 Å². The van der Waals surface area contributed by atoms with Crippen molar-refractivity contribution < 1.29 is 17.9 Å². The average Bonchev–Trinajstić information content (AvgIpc) is 3.29. The van der Waals surface area contributed by atoms with Gasteiger partial charge in [0.1, 0.15) is 5.69 Å². The first-order valence-corrected chi connectivity index (χ1v) is 9.65. The molecule has 9 heteroatoms. The second kappa shape index (κ2) is 7.11. The Morgan fingerprint density at radius 3 is 2.35 bits per heavy atom. The molecule has 0 fully saturated rings. The summed E-state index contributed by atoms with van der Waals surface area (Å²) in [7, 11) is 3.23. The minimum absolute atomic E-state index is 0.0260. The maximum Gasteiger partial charge on any atom is 0.417 e. The smallest absolute Gasteiger partial charge is 0.417 e. The van der Waals surface area contributed by atoms with Crippen LogP contribution in [-0.2, 0) is 18.6 Å². The largest absolute Gasteiger partial charge is 0.479 e. The number of hydrogen-bond donors (Lipinski definition) is 1. The molecule has 162 valence electrons. The molecule has 0 unspecified atom stereocenters. The van der Waals surface area contributed by atoms with Crippen molar-refractivity contribution in [2.45, 2.75) is 32.4 Å². The van der Waals surface area contributed by atoms with Gasteiger partial charge in [-0.05, 0) is 18.2 Å². The number of nitrogens with one attached hydrogen (secondary N) is 1. The number of benzene rings is 1. The van der Waals surface area contributed by atoms with Crippen LogP contribution in [0, 0.1) is 0 Å². The maximum atomic E-state index is 13.5. The molecule has 0 saturated carbocycles. The summed E-state index contributed by atoms with van der Waals surface area (Å²) in [5.74, 6) is 0.673. The SMILES string of the molecule is COc1nc(-c2ccccc2C(F)(F)F)cc2[nH]c(-c3cc(C(C)(C)C)nn3C)nc12. The zero-order valence-corrected chi connectivity index (χ0v) is 17.8. The molecular weight excluding hydrogens is 407 g/mol. The molecule has 0 aliphatic heterocycles. The van der Waals surface area contributed by atoms with E-state index in [-0.39, 0.29) is 22.6 Å². The van der Waals surface area contributed by atoms with Gasteiger partial charge in [-0.15, -0.1) is 0 Å². The molecule has 3 aromatic heterocycles. The average molecular weight is 429 g/mol. The summed E-state index contributed by atoms with van der Waals surface area (Å²) < 4.78 is 47.6. The number of aryl methyl sites for hydroxylation is 1. The molecule has 0 aliphatic rings. The van der Waals surface area contributed by atoms with E-state index in [9.17, 15) is 13.2 Å². The predicted octanol–water partition coefficient (Wildman–Crippen LogP) is 5.35. The monoisotopic (exact) mass is 429 g/mol. The van der Waals surface area contributed by atoms with Gasteiger partial charge in [-0.25, -0.2) is 9.97 Å². The number of methoxy groups -OCH3 is 1. The summed E-state index contributed by atoms with van der Waals surface area (Å²) in [6, 6.07) is 8.83. The molecule has 0 saturated heterocycles. The number of pyridine rings is 1. The van der Waals surface area contributed by atoms with E-state index in [1.807, 2.05) is 13.1 Å². The summed E-state index contributed by atoms with van der Waals surface area (Å²) in [4.78, 5) is 12.1. The van der Waals surface area contributed by atoms with Gasteiger partial charge in [0.15, 0.2) is 11.3 Å². The highest BCUT2D eigenvalue weighted by molar-refractivity contribution is 5.87. The normalized spacial score (nSPS) is 12.5. The van der Waals surface area contributed by atoms with Crippen molar-refractivity contribution in [3.8, 4) is 28.7 Å². The lowest BCUT2D eigenvalue weighted by atomic mass is 9.92. The van der Waals surface area contributed by atoms with Crippen LogP contribution in [0.1, 0.15) is 32.0 Å². The van der Waals surface area contributed by atoms with Crippen molar-refractivity contribution in [3.05, 3.63) is 47.7 Å². The zero-order valence-electron chi connectivity index (χ0n) is 17.8. The number of alkyl halides is 3. The van der Waals surface area contributed by atoms with E-state index in [1.165, 1.54) is 19.2 Å². The molecule has 0 spiro atoms. The van der Waals surface area contributed by atoms with E-state index >= 15 is 0 Å². The number of halogens is 3. The summed E-state index contributed by atoms with van der Waals surface area (Å²) in [6.07, 6.45) is -4.50. The van der Waals surface area contributed by atoms with Crippen LogP contribution in [0.15, 0.2) is 36.4 Å². The quantitative estimate of drug-likeness (QED) is 0.477. The number of imidazole rings is 1. The molecule has 0 radical (unpaired) electrons. The summed E-state index contributed by atoms with van der Waals surface area (Å²) >= 11 is 0. The Kier molecular flexibility index (Phi) is 4.79. The second-order valence-corrected chi connectivity index (χ2v) is 8.33. The fourth-order valence-electron chi connectivity index (χ4n) is 3.40. The molecule has 1 aromatic carbocycles. The number of H-pyrrole nitrogens is 1. The fraction of sp³-hybridized carbons (Fsp3) is 0.318. The van der Waals surface area contributed by atoms with Gasteiger partial charge < -0.3 is 9.72 Å². The van der Waals surface area contributed by atoms with Crippen LogP contribution < -0.4 is 4.74 Å². The number of aromatic nitrogens is 5. The number of nitrogens with zero attached hydrogens (tertiary/aromatic N) is 4. The van der Waals surface area contributed by atoms with Crippen molar-refractivity contribution in [2.24, 2.45) is 7.05 Å². The van der Waals surface area contributed by atoms with Crippen LogP contribution in [0.3, 0.4) is 0 Å². The van der Waals surface area contributed by atoms with Crippen LogP contribution in [0.4, 0.5) is 13.2 Å². The molecule has 3 heterocycles. The third-order valence-corrected chi connectivity index (χ3v) is 5.03. The van der Waals surface area contributed by atoms with Crippen LogP contribution in [0.25, 0.3) is 33.8 Å². The van der Waals surface area contributed by atoms with Crippen molar-refractivity contribution in [3.63, 3.8) is 0 Å². The Labute approximate surface area is 177 Å². The lowest BCUT2D eigenvalue weighted by molar-refractivity contribution is -0.137. The number of hydrogen-bond acceptors (Lipinski definition) is 4. The first kappa shape index (κ1) is 20.9. The molecule has 0 atom stereocenters. The Balaban J connectivity index is 1.89. The highest BCUT2D eigenvalue weighted by Crippen LogP contribution is 2.38. The van der Waals surface area contributed by atoms with Crippen molar-refractivity contribution >= 4 is 11.0 Å². The van der Waals surface area contributed by atoms with Gasteiger partial charge in [-0.1, -0.05) is 39.0 Å².